The van der Waals surface area contributed by atoms with Crippen LogP contribution in [0.1, 0.15) is 5.69 Å². The first-order valence-corrected chi connectivity index (χ1v) is 3.37. The highest BCUT2D eigenvalue weighted by Gasteiger charge is 1.98. The molecule has 0 amide bonds. The lowest BCUT2D eigenvalue weighted by Crippen LogP contribution is -2.22. The quantitative estimate of drug-likeness (QED) is 0.623. The zero-order chi connectivity index (χ0) is 8.43. The number of nitrogens with zero attached hydrogens (tertiary/aromatic N) is 2. The van der Waals surface area contributed by atoms with Crippen LogP contribution in [0.25, 0.3) is 0 Å². The maximum absolute atomic E-state index is 11.0. The molecule has 0 bridgehead atoms. The van der Waals surface area contributed by atoms with Crippen molar-refractivity contribution in [3.63, 3.8) is 0 Å². The van der Waals surface area contributed by atoms with Gasteiger partial charge in [-0.1, -0.05) is 0 Å². The SMILES string of the molecule is CNc1cc(C)nc(=O)n1C. The molecule has 11 heavy (non-hydrogen) atoms. The Morgan fingerprint density at radius 3 is 2.82 bits per heavy atom. The summed E-state index contributed by atoms with van der Waals surface area (Å²) in [5.41, 5.74) is 0.506. The minimum atomic E-state index is -0.227. The van der Waals surface area contributed by atoms with Crippen molar-refractivity contribution in [2.45, 2.75) is 6.92 Å². The topological polar surface area (TPSA) is 46.9 Å². The lowest BCUT2D eigenvalue weighted by atomic mass is 10.4. The highest BCUT2D eigenvalue weighted by molar-refractivity contribution is 5.34. The van der Waals surface area contributed by atoms with E-state index in [0.717, 1.165) is 11.5 Å². The van der Waals surface area contributed by atoms with E-state index in [0.29, 0.717) is 0 Å². The molecule has 0 saturated heterocycles. The summed E-state index contributed by atoms with van der Waals surface area (Å²) in [6.45, 7) is 1.79. The number of hydrogen-bond acceptors (Lipinski definition) is 3. The van der Waals surface area contributed by atoms with Gasteiger partial charge in [0, 0.05) is 25.9 Å². The highest BCUT2D eigenvalue weighted by atomic mass is 16.1. The molecule has 4 heteroatoms. The molecule has 1 rings (SSSR count). The van der Waals surface area contributed by atoms with Crippen molar-refractivity contribution in [1.82, 2.24) is 9.55 Å². The van der Waals surface area contributed by atoms with Crippen LogP contribution in [0, 0.1) is 6.92 Å². The monoisotopic (exact) mass is 153 g/mol. The maximum Gasteiger partial charge on any atom is 0.349 e. The van der Waals surface area contributed by atoms with E-state index in [-0.39, 0.29) is 5.69 Å². The Bertz CT molecular complexity index is 316. The van der Waals surface area contributed by atoms with Crippen LogP contribution in [0.4, 0.5) is 5.82 Å². The molecule has 0 aliphatic carbocycles. The largest absolute Gasteiger partial charge is 0.374 e. The van der Waals surface area contributed by atoms with Crippen molar-refractivity contribution in [2.24, 2.45) is 7.05 Å². The summed E-state index contributed by atoms with van der Waals surface area (Å²) in [5.74, 6) is 0.780. The Balaban J connectivity index is 3.36. The van der Waals surface area contributed by atoms with E-state index in [9.17, 15) is 4.79 Å². The van der Waals surface area contributed by atoms with E-state index in [1.165, 1.54) is 4.57 Å². The molecule has 1 heterocycles. The standard InChI is InChI=1S/C7H11N3O/c1-5-4-6(8-2)10(3)7(11)9-5/h4,8H,1-3H3. The molecule has 0 aliphatic heterocycles. The Labute approximate surface area is 64.9 Å². The Hall–Kier alpha value is -1.32. The molecule has 1 aromatic heterocycles. The van der Waals surface area contributed by atoms with E-state index in [2.05, 4.69) is 10.3 Å². The fraction of sp³-hybridized carbons (Fsp3) is 0.429. The van der Waals surface area contributed by atoms with Gasteiger partial charge in [0.15, 0.2) is 0 Å². The predicted octanol–water partition coefficient (Wildman–Crippen LogP) is 0.130. The summed E-state index contributed by atoms with van der Waals surface area (Å²) in [6, 6.07) is 1.82. The normalized spacial score (nSPS) is 9.73. The molecule has 0 fully saturated rings. The summed E-state index contributed by atoms with van der Waals surface area (Å²) < 4.78 is 1.47. The molecule has 0 saturated carbocycles. The zero-order valence-corrected chi connectivity index (χ0v) is 6.88. The molecule has 0 radical (unpaired) electrons. The fourth-order valence-corrected chi connectivity index (χ4v) is 0.896. The third kappa shape index (κ3) is 1.39. The molecule has 4 nitrogen and oxygen atoms in total. The minimum Gasteiger partial charge on any atom is -0.374 e. The van der Waals surface area contributed by atoms with Crippen LogP contribution < -0.4 is 11.0 Å². The first-order valence-electron chi connectivity index (χ1n) is 3.37. The van der Waals surface area contributed by atoms with Crippen molar-refractivity contribution in [3.05, 3.63) is 22.2 Å². The van der Waals surface area contributed by atoms with Crippen molar-refractivity contribution in [1.29, 1.82) is 0 Å². The van der Waals surface area contributed by atoms with Crippen molar-refractivity contribution in [3.8, 4) is 0 Å². The van der Waals surface area contributed by atoms with Gasteiger partial charge in [0.05, 0.1) is 0 Å². The lowest BCUT2D eigenvalue weighted by Gasteiger charge is -2.05. The van der Waals surface area contributed by atoms with Gasteiger partial charge in [-0.05, 0) is 6.92 Å². The lowest BCUT2D eigenvalue weighted by molar-refractivity contribution is 0.807. The number of aryl methyl sites for hydroxylation is 1. The number of anilines is 1. The summed E-state index contributed by atoms with van der Waals surface area (Å²) in [7, 11) is 3.45. The summed E-state index contributed by atoms with van der Waals surface area (Å²) in [4.78, 5) is 14.8. The number of hydrogen-bond donors (Lipinski definition) is 1. The van der Waals surface area contributed by atoms with E-state index in [1.807, 2.05) is 6.07 Å². The second-order valence-electron chi connectivity index (χ2n) is 2.37. The Morgan fingerprint density at radius 1 is 1.64 bits per heavy atom. The van der Waals surface area contributed by atoms with Crippen molar-refractivity contribution < 1.29 is 0 Å². The molecule has 1 N–H and O–H groups in total. The van der Waals surface area contributed by atoms with Crippen molar-refractivity contribution >= 4 is 5.82 Å². The third-order valence-electron chi connectivity index (χ3n) is 1.52. The van der Waals surface area contributed by atoms with Crippen LogP contribution in [0.3, 0.4) is 0 Å². The van der Waals surface area contributed by atoms with Crippen LogP contribution >= 0.6 is 0 Å². The minimum absolute atomic E-state index is 0.227. The fourth-order valence-electron chi connectivity index (χ4n) is 0.896. The van der Waals surface area contributed by atoms with Gasteiger partial charge in [-0.2, -0.15) is 4.98 Å². The van der Waals surface area contributed by atoms with E-state index in [4.69, 9.17) is 0 Å². The molecule has 0 unspecified atom stereocenters. The first kappa shape index (κ1) is 7.78. The van der Waals surface area contributed by atoms with Crippen LogP contribution in [-0.4, -0.2) is 16.6 Å². The summed E-state index contributed by atoms with van der Waals surface area (Å²) in [6.07, 6.45) is 0. The van der Waals surface area contributed by atoms with Crippen LogP contribution in [0.15, 0.2) is 10.9 Å². The second-order valence-corrected chi connectivity index (χ2v) is 2.37. The molecule has 0 spiro atoms. The maximum atomic E-state index is 11.0. The number of rotatable bonds is 1. The average molecular weight is 153 g/mol. The first-order chi connectivity index (χ1) is 5.15. The van der Waals surface area contributed by atoms with Crippen molar-refractivity contribution in [2.75, 3.05) is 12.4 Å². The number of aromatic nitrogens is 2. The van der Waals surface area contributed by atoms with Gasteiger partial charge >= 0.3 is 5.69 Å². The average Bonchev–Trinajstić information content (AvgIpc) is 1.96. The molecule has 0 aliphatic rings. The zero-order valence-electron chi connectivity index (χ0n) is 6.88. The number of nitrogens with one attached hydrogen (secondary N) is 1. The van der Waals surface area contributed by atoms with Crippen LogP contribution in [0.2, 0.25) is 0 Å². The molecular formula is C7H11N3O. The third-order valence-corrected chi connectivity index (χ3v) is 1.52. The Morgan fingerprint density at radius 2 is 2.27 bits per heavy atom. The van der Waals surface area contributed by atoms with Gasteiger partial charge in [-0.25, -0.2) is 4.79 Å². The van der Waals surface area contributed by atoms with Gasteiger partial charge in [-0.3, -0.25) is 4.57 Å². The van der Waals surface area contributed by atoms with Crippen LogP contribution in [0.5, 0.6) is 0 Å². The van der Waals surface area contributed by atoms with Gasteiger partial charge < -0.3 is 5.32 Å². The Kier molecular flexibility index (Phi) is 1.94. The molecule has 60 valence electrons. The highest BCUT2D eigenvalue weighted by Crippen LogP contribution is 2.01. The van der Waals surface area contributed by atoms with Gasteiger partial charge in [0.2, 0.25) is 0 Å². The molecule has 0 atom stereocenters. The van der Waals surface area contributed by atoms with Gasteiger partial charge in [0.25, 0.3) is 0 Å². The van der Waals surface area contributed by atoms with E-state index in [1.54, 1.807) is 21.0 Å². The van der Waals surface area contributed by atoms with E-state index >= 15 is 0 Å². The van der Waals surface area contributed by atoms with E-state index < -0.39 is 0 Å². The second kappa shape index (κ2) is 2.74. The smallest absolute Gasteiger partial charge is 0.349 e. The molecular weight excluding hydrogens is 142 g/mol. The van der Waals surface area contributed by atoms with Gasteiger partial charge in [-0.15, -0.1) is 0 Å². The van der Waals surface area contributed by atoms with Gasteiger partial charge in [0.1, 0.15) is 5.82 Å². The summed E-state index contributed by atoms with van der Waals surface area (Å²) >= 11 is 0. The molecule has 0 aromatic carbocycles. The predicted molar refractivity (Wildman–Crippen MR) is 43.8 cm³/mol. The van der Waals surface area contributed by atoms with Crippen LogP contribution in [-0.2, 0) is 7.05 Å². The molecule has 1 aromatic rings. The summed E-state index contributed by atoms with van der Waals surface area (Å²) in [5, 5.41) is 2.90.